The van der Waals surface area contributed by atoms with Gasteiger partial charge in [0.15, 0.2) is 0 Å². The summed E-state index contributed by atoms with van der Waals surface area (Å²) in [4.78, 5) is 14.2. The van der Waals surface area contributed by atoms with Gasteiger partial charge in [-0.15, -0.1) is 0 Å². The molecule has 0 spiro atoms. The van der Waals surface area contributed by atoms with Gasteiger partial charge < -0.3 is 16.0 Å². The van der Waals surface area contributed by atoms with E-state index in [1.165, 1.54) is 6.42 Å². The first-order valence-electron chi connectivity index (χ1n) is 6.98. The number of amides is 1. The lowest BCUT2D eigenvalue weighted by Crippen LogP contribution is -2.25. The molecule has 1 aromatic rings. The van der Waals surface area contributed by atoms with E-state index in [4.69, 9.17) is 5.73 Å². The zero-order chi connectivity index (χ0) is 13.7. The van der Waals surface area contributed by atoms with Gasteiger partial charge in [-0.05, 0) is 36.6 Å². The third-order valence-corrected chi connectivity index (χ3v) is 3.61. The van der Waals surface area contributed by atoms with E-state index >= 15 is 0 Å². The molecule has 1 aliphatic heterocycles. The van der Waals surface area contributed by atoms with E-state index in [0.717, 1.165) is 36.8 Å². The van der Waals surface area contributed by atoms with Crippen LogP contribution in [0.25, 0.3) is 0 Å². The Labute approximate surface area is 115 Å². The first kappa shape index (κ1) is 14.0. The first-order chi connectivity index (χ1) is 9.17. The van der Waals surface area contributed by atoms with Crippen molar-refractivity contribution in [3.63, 3.8) is 0 Å². The molecule has 1 atom stereocenters. The van der Waals surface area contributed by atoms with E-state index in [0.29, 0.717) is 13.0 Å². The molecule has 1 heterocycles. The molecule has 1 fully saturated rings. The molecule has 0 bridgehead atoms. The summed E-state index contributed by atoms with van der Waals surface area (Å²) in [5, 5.41) is 2.93. The Morgan fingerprint density at radius 3 is 3.05 bits per heavy atom. The molecule has 1 amide bonds. The Kier molecular flexibility index (Phi) is 4.93. The summed E-state index contributed by atoms with van der Waals surface area (Å²) in [6.45, 7) is 5.85. The Morgan fingerprint density at radius 2 is 2.37 bits per heavy atom. The van der Waals surface area contributed by atoms with Gasteiger partial charge >= 0.3 is 0 Å². The number of carbonyl (C=O) groups excluding carboxylic acids is 1. The van der Waals surface area contributed by atoms with Crippen molar-refractivity contribution >= 4 is 11.6 Å². The van der Waals surface area contributed by atoms with E-state index in [2.05, 4.69) is 17.1 Å². The van der Waals surface area contributed by atoms with Crippen molar-refractivity contribution < 1.29 is 4.79 Å². The minimum absolute atomic E-state index is 0.0775. The standard InChI is InChI=1S/C15H23N3O/c1-12-5-7-18(11-12)8-6-15(19)17-14-4-2-3-13(9-14)10-16/h2-4,9,12H,5-8,10-11,16H2,1H3,(H,17,19). The molecule has 4 nitrogen and oxygen atoms in total. The predicted molar refractivity (Wildman–Crippen MR) is 77.8 cm³/mol. The summed E-state index contributed by atoms with van der Waals surface area (Å²) in [5.41, 5.74) is 7.45. The quantitative estimate of drug-likeness (QED) is 0.850. The minimum atomic E-state index is 0.0775. The molecule has 1 aromatic carbocycles. The highest BCUT2D eigenvalue weighted by Crippen LogP contribution is 2.15. The number of rotatable bonds is 5. The average Bonchev–Trinajstić information content (AvgIpc) is 2.82. The molecule has 1 aliphatic rings. The monoisotopic (exact) mass is 261 g/mol. The van der Waals surface area contributed by atoms with Gasteiger partial charge in [0.25, 0.3) is 0 Å². The van der Waals surface area contributed by atoms with Gasteiger partial charge in [0.2, 0.25) is 5.91 Å². The lowest BCUT2D eigenvalue weighted by molar-refractivity contribution is -0.116. The molecule has 1 unspecified atom stereocenters. The lowest BCUT2D eigenvalue weighted by Gasteiger charge is -2.14. The van der Waals surface area contributed by atoms with Gasteiger partial charge in [-0.25, -0.2) is 0 Å². The Bertz CT molecular complexity index is 433. The SMILES string of the molecule is CC1CCN(CCC(=O)Nc2cccc(CN)c2)C1. The average molecular weight is 261 g/mol. The van der Waals surface area contributed by atoms with Crippen LogP contribution in [0.3, 0.4) is 0 Å². The Balaban J connectivity index is 1.77. The summed E-state index contributed by atoms with van der Waals surface area (Å²) in [6.07, 6.45) is 1.81. The maximum Gasteiger partial charge on any atom is 0.225 e. The minimum Gasteiger partial charge on any atom is -0.326 e. The third-order valence-electron chi connectivity index (χ3n) is 3.61. The number of carbonyl (C=O) groups is 1. The number of nitrogens with one attached hydrogen (secondary N) is 1. The van der Waals surface area contributed by atoms with E-state index in [1.807, 2.05) is 24.3 Å². The number of hydrogen-bond donors (Lipinski definition) is 2. The van der Waals surface area contributed by atoms with Crippen LogP contribution in [0.15, 0.2) is 24.3 Å². The molecular weight excluding hydrogens is 238 g/mol. The van der Waals surface area contributed by atoms with Gasteiger partial charge in [-0.3, -0.25) is 4.79 Å². The fourth-order valence-corrected chi connectivity index (χ4v) is 2.49. The van der Waals surface area contributed by atoms with Crippen LogP contribution in [0, 0.1) is 5.92 Å². The molecule has 0 aromatic heterocycles. The molecule has 3 N–H and O–H groups in total. The Morgan fingerprint density at radius 1 is 1.53 bits per heavy atom. The maximum absolute atomic E-state index is 11.9. The van der Waals surface area contributed by atoms with Crippen molar-refractivity contribution in [2.75, 3.05) is 25.0 Å². The highest BCUT2D eigenvalue weighted by Gasteiger charge is 2.18. The molecule has 0 radical (unpaired) electrons. The molecule has 0 saturated carbocycles. The molecule has 2 rings (SSSR count). The lowest BCUT2D eigenvalue weighted by atomic mass is 10.2. The van der Waals surface area contributed by atoms with Crippen LogP contribution < -0.4 is 11.1 Å². The van der Waals surface area contributed by atoms with Crippen LogP contribution in [0.1, 0.15) is 25.3 Å². The topological polar surface area (TPSA) is 58.4 Å². The van der Waals surface area contributed by atoms with Gasteiger partial charge in [0.05, 0.1) is 0 Å². The van der Waals surface area contributed by atoms with Gasteiger partial charge in [0.1, 0.15) is 0 Å². The molecule has 0 aliphatic carbocycles. The van der Waals surface area contributed by atoms with E-state index in [1.54, 1.807) is 0 Å². The maximum atomic E-state index is 11.9. The number of likely N-dealkylation sites (tertiary alicyclic amines) is 1. The predicted octanol–water partition coefficient (Wildman–Crippen LogP) is 1.82. The fourth-order valence-electron chi connectivity index (χ4n) is 2.49. The van der Waals surface area contributed by atoms with Crippen LogP contribution in [0.4, 0.5) is 5.69 Å². The zero-order valence-corrected chi connectivity index (χ0v) is 11.6. The summed E-state index contributed by atoms with van der Waals surface area (Å²) >= 11 is 0. The molecule has 19 heavy (non-hydrogen) atoms. The summed E-state index contributed by atoms with van der Waals surface area (Å²) in [5.74, 6) is 0.845. The second-order valence-corrected chi connectivity index (χ2v) is 5.40. The van der Waals surface area contributed by atoms with Crippen LogP contribution in [0.5, 0.6) is 0 Å². The smallest absolute Gasteiger partial charge is 0.225 e. The second kappa shape index (κ2) is 6.68. The van der Waals surface area contributed by atoms with E-state index in [9.17, 15) is 4.79 Å². The molecule has 104 valence electrons. The number of nitrogens with two attached hydrogens (primary N) is 1. The summed E-state index contributed by atoms with van der Waals surface area (Å²) in [7, 11) is 0. The van der Waals surface area contributed by atoms with Crippen molar-refractivity contribution in [2.24, 2.45) is 11.7 Å². The van der Waals surface area contributed by atoms with Gasteiger partial charge in [-0.1, -0.05) is 19.1 Å². The Hall–Kier alpha value is -1.39. The van der Waals surface area contributed by atoms with E-state index < -0.39 is 0 Å². The number of nitrogens with zero attached hydrogens (tertiary/aromatic N) is 1. The van der Waals surface area contributed by atoms with Crippen LogP contribution in [-0.4, -0.2) is 30.4 Å². The summed E-state index contributed by atoms with van der Waals surface area (Å²) in [6, 6.07) is 7.70. The normalized spacial score (nSPS) is 19.6. The molecular formula is C15H23N3O. The van der Waals surface area contributed by atoms with Crippen molar-refractivity contribution in [1.29, 1.82) is 0 Å². The highest BCUT2D eigenvalue weighted by molar-refractivity contribution is 5.90. The van der Waals surface area contributed by atoms with Gasteiger partial charge in [0, 0.05) is 31.7 Å². The second-order valence-electron chi connectivity index (χ2n) is 5.40. The van der Waals surface area contributed by atoms with Crippen molar-refractivity contribution in [3.05, 3.63) is 29.8 Å². The number of benzene rings is 1. The van der Waals surface area contributed by atoms with Crippen LogP contribution in [-0.2, 0) is 11.3 Å². The zero-order valence-electron chi connectivity index (χ0n) is 11.6. The van der Waals surface area contributed by atoms with Crippen molar-refractivity contribution in [1.82, 2.24) is 4.90 Å². The number of anilines is 1. The van der Waals surface area contributed by atoms with E-state index in [-0.39, 0.29) is 5.91 Å². The molecule has 1 saturated heterocycles. The largest absolute Gasteiger partial charge is 0.326 e. The van der Waals surface area contributed by atoms with Gasteiger partial charge in [-0.2, -0.15) is 0 Å². The summed E-state index contributed by atoms with van der Waals surface area (Å²) < 4.78 is 0. The van der Waals surface area contributed by atoms with Crippen molar-refractivity contribution in [2.45, 2.75) is 26.3 Å². The van der Waals surface area contributed by atoms with Crippen LogP contribution >= 0.6 is 0 Å². The molecule has 4 heteroatoms. The third kappa shape index (κ3) is 4.33. The highest BCUT2D eigenvalue weighted by atomic mass is 16.1. The number of hydrogen-bond acceptors (Lipinski definition) is 3. The van der Waals surface area contributed by atoms with Crippen molar-refractivity contribution in [3.8, 4) is 0 Å². The first-order valence-corrected chi connectivity index (χ1v) is 6.98. The van der Waals surface area contributed by atoms with Crippen LogP contribution in [0.2, 0.25) is 0 Å². The fraction of sp³-hybridized carbons (Fsp3) is 0.533.